The van der Waals surface area contributed by atoms with E-state index in [9.17, 15) is 9.59 Å². The van der Waals surface area contributed by atoms with Crippen LogP contribution in [0, 0.1) is 29.6 Å². The number of ether oxygens (including phenoxy) is 5. The SMILES string of the molecule is CC1C2CC(C(=O)OC3C(=O)OC4C5OC6(CCCCC6)OC5OC34)C(C2)C1C. The van der Waals surface area contributed by atoms with E-state index in [1.165, 1.54) is 6.42 Å². The van der Waals surface area contributed by atoms with Crippen molar-refractivity contribution in [2.45, 2.75) is 95.3 Å². The van der Waals surface area contributed by atoms with Gasteiger partial charge in [0.15, 0.2) is 24.3 Å². The largest absolute Gasteiger partial charge is 0.454 e. The molecule has 29 heavy (non-hydrogen) atoms. The average Bonchev–Trinajstić information content (AvgIpc) is 3.47. The molecule has 3 saturated heterocycles. The fourth-order valence-electron chi connectivity index (χ4n) is 6.94. The van der Waals surface area contributed by atoms with Crippen molar-refractivity contribution in [1.29, 1.82) is 0 Å². The Morgan fingerprint density at radius 3 is 2.52 bits per heavy atom. The van der Waals surface area contributed by atoms with E-state index in [0.717, 1.165) is 38.5 Å². The van der Waals surface area contributed by atoms with Crippen molar-refractivity contribution < 1.29 is 33.3 Å². The molecule has 0 aromatic rings. The minimum absolute atomic E-state index is 0.114. The number of carbonyl (C=O) groups is 2. The Labute approximate surface area is 170 Å². The lowest BCUT2D eigenvalue weighted by atomic mass is 9.76. The fourth-order valence-corrected chi connectivity index (χ4v) is 6.94. The van der Waals surface area contributed by atoms with Crippen LogP contribution in [0.25, 0.3) is 0 Å². The first-order chi connectivity index (χ1) is 14.0. The number of carbonyl (C=O) groups excluding carboxylic acids is 2. The molecular formula is C22H30O7. The van der Waals surface area contributed by atoms with E-state index < -0.39 is 42.5 Å². The number of rotatable bonds is 2. The van der Waals surface area contributed by atoms with Crippen LogP contribution in [0.5, 0.6) is 0 Å². The summed E-state index contributed by atoms with van der Waals surface area (Å²) in [4.78, 5) is 25.4. The molecule has 10 atom stereocenters. The summed E-state index contributed by atoms with van der Waals surface area (Å²) in [5.41, 5.74) is 0. The van der Waals surface area contributed by atoms with Crippen LogP contribution >= 0.6 is 0 Å². The van der Waals surface area contributed by atoms with E-state index in [1.807, 2.05) is 0 Å². The van der Waals surface area contributed by atoms with Crippen molar-refractivity contribution in [1.82, 2.24) is 0 Å². The molecule has 3 aliphatic heterocycles. The number of hydrogen-bond donors (Lipinski definition) is 0. The van der Waals surface area contributed by atoms with E-state index in [0.29, 0.717) is 23.7 Å². The first-order valence-electron chi connectivity index (χ1n) is 11.4. The Hall–Kier alpha value is -1.18. The molecule has 0 amide bonds. The normalized spacial score (nSPS) is 51.9. The second-order valence-electron chi connectivity index (χ2n) is 10.1. The van der Waals surface area contributed by atoms with Crippen molar-refractivity contribution in [3.63, 3.8) is 0 Å². The standard InChI is InChI=1S/C22H30O7/c1-10-11(2)13-8-12(10)9-14(13)19(23)26-17-15-16(25-20(17)24)18-21(27-15)29-22(28-18)6-4-3-5-7-22/h10-18,21H,3-9H2,1-2H3. The number of esters is 2. The summed E-state index contributed by atoms with van der Waals surface area (Å²) in [6.45, 7) is 4.51. The van der Waals surface area contributed by atoms with E-state index in [4.69, 9.17) is 23.7 Å². The maximum absolute atomic E-state index is 12.9. The average molecular weight is 406 g/mol. The first kappa shape index (κ1) is 18.6. The van der Waals surface area contributed by atoms with E-state index in [-0.39, 0.29) is 11.9 Å². The third-order valence-electron chi connectivity index (χ3n) is 8.73. The molecule has 0 aromatic heterocycles. The Morgan fingerprint density at radius 1 is 1.00 bits per heavy atom. The highest BCUT2D eigenvalue weighted by Gasteiger charge is 2.66. The lowest BCUT2D eigenvalue weighted by molar-refractivity contribution is -0.246. The molecule has 0 aromatic carbocycles. The Morgan fingerprint density at radius 2 is 1.79 bits per heavy atom. The van der Waals surface area contributed by atoms with Gasteiger partial charge in [0.05, 0.1) is 5.92 Å². The van der Waals surface area contributed by atoms with Crippen molar-refractivity contribution in [2.24, 2.45) is 29.6 Å². The van der Waals surface area contributed by atoms with E-state index in [1.54, 1.807) is 0 Å². The third-order valence-corrected chi connectivity index (χ3v) is 8.73. The van der Waals surface area contributed by atoms with Gasteiger partial charge >= 0.3 is 11.9 Å². The van der Waals surface area contributed by atoms with Crippen LogP contribution < -0.4 is 0 Å². The lowest BCUT2D eigenvalue weighted by Crippen LogP contribution is -2.41. The molecule has 6 fully saturated rings. The van der Waals surface area contributed by atoms with Crippen LogP contribution in [0.15, 0.2) is 0 Å². The molecule has 2 bridgehead atoms. The van der Waals surface area contributed by atoms with E-state index in [2.05, 4.69) is 13.8 Å². The molecule has 3 saturated carbocycles. The zero-order chi connectivity index (χ0) is 19.9. The highest BCUT2D eigenvalue weighted by Crippen LogP contribution is 2.55. The minimum Gasteiger partial charge on any atom is -0.454 e. The zero-order valence-electron chi connectivity index (χ0n) is 17.1. The van der Waals surface area contributed by atoms with Crippen LogP contribution in [-0.4, -0.2) is 48.4 Å². The molecule has 160 valence electrons. The van der Waals surface area contributed by atoms with Crippen LogP contribution in [0.3, 0.4) is 0 Å². The molecule has 3 aliphatic carbocycles. The van der Waals surface area contributed by atoms with Crippen molar-refractivity contribution >= 4 is 11.9 Å². The monoisotopic (exact) mass is 406 g/mol. The smallest absolute Gasteiger partial charge is 0.350 e. The summed E-state index contributed by atoms with van der Waals surface area (Å²) in [6.07, 6.45) is 3.74. The maximum Gasteiger partial charge on any atom is 0.350 e. The van der Waals surface area contributed by atoms with Crippen LogP contribution in [0.2, 0.25) is 0 Å². The van der Waals surface area contributed by atoms with Gasteiger partial charge in [0.1, 0.15) is 6.10 Å². The highest BCUT2D eigenvalue weighted by molar-refractivity contribution is 5.83. The molecule has 0 N–H and O–H groups in total. The summed E-state index contributed by atoms with van der Waals surface area (Å²) in [5, 5.41) is 0. The number of hydrogen-bond acceptors (Lipinski definition) is 7. The lowest BCUT2D eigenvalue weighted by Gasteiger charge is -2.33. The molecule has 10 unspecified atom stereocenters. The van der Waals surface area contributed by atoms with Gasteiger partial charge in [-0.15, -0.1) is 0 Å². The van der Waals surface area contributed by atoms with Crippen molar-refractivity contribution in [3.8, 4) is 0 Å². The summed E-state index contributed by atoms with van der Waals surface area (Å²) in [7, 11) is 0. The zero-order valence-corrected chi connectivity index (χ0v) is 17.1. The summed E-state index contributed by atoms with van der Waals surface area (Å²) in [6, 6.07) is 0. The van der Waals surface area contributed by atoms with E-state index >= 15 is 0 Å². The first-order valence-corrected chi connectivity index (χ1v) is 11.4. The summed E-state index contributed by atoms with van der Waals surface area (Å²) in [5.74, 6) is 0.611. The maximum atomic E-state index is 12.9. The third kappa shape index (κ3) is 2.66. The summed E-state index contributed by atoms with van der Waals surface area (Å²) >= 11 is 0. The Bertz CT molecular complexity index is 714. The minimum atomic E-state index is -1.01. The van der Waals surface area contributed by atoms with Crippen LogP contribution in [0.4, 0.5) is 0 Å². The van der Waals surface area contributed by atoms with Gasteiger partial charge in [-0.2, -0.15) is 0 Å². The summed E-state index contributed by atoms with van der Waals surface area (Å²) < 4.78 is 29.6. The second kappa shape index (κ2) is 6.41. The molecule has 6 rings (SSSR count). The molecule has 1 spiro atoms. The van der Waals surface area contributed by atoms with Gasteiger partial charge in [-0.1, -0.05) is 20.3 Å². The molecular weight excluding hydrogens is 376 g/mol. The van der Waals surface area contributed by atoms with Crippen molar-refractivity contribution in [3.05, 3.63) is 0 Å². The quantitative estimate of drug-likeness (QED) is 0.652. The van der Waals surface area contributed by atoms with Gasteiger partial charge in [-0.25, -0.2) is 4.79 Å². The fraction of sp³-hybridized carbons (Fsp3) is 0.909. The van der Waals surface area contributed by atoms with Crippen LogP contribution in [0.1, 0.15) is 58.8 Å². The Balaban J connectivity index is 1.13. The van der Waals surface area contributed by atoms with Gasteiger partial charge < -0.3 is 23.7 Å². The van der Waals surface area contributed by atoms with Gasteiger partial charge in [-0.05, 0) is 49.4 Å². The molecule has 0 radical (unpaired) electrons. The molecule has 7 heteroatoms. The molecule has 7 nitrogen and oxygen atoms in total. The van der Waals surface area contributed by atoms with Gasteiger partial charge in [0.25, 0.3) is 0 Å². The van der Waals surface area contributed by atoms with Gasteiger partial charge in [0.2, 0.25) is 6.10 Å². The van der Waals surface area contributed by atoms with Crippen molar-refractivity contribution in [2.75, 3.05) is 0 Å². The van der Waals surface area contributed by atoms with Gasteiger partial charge in [-0.3, -0.25) is 4.79 Å². The Kier molecular flexibility index (Phi) is 4.11. The predicted octanol–water partition coefficient (Wildman–Crippen LogP) is 2.55. The topological polar surface area (TPSA) is 80.3 Å². The molecule has 3 heterocycles. The highest BCUT2D eigenvalue weighted by atomic mass is 16.9. The number of fused-ring (bicyclic) bond motifs is 5. The second-order valence-corrected chi connectivity index (χ2v) is 10.1. The molecule has 6 aliphatic rings. The van der Waals surface area contributed by atoms with Gasteiger partial charge in [0, 0.05) is 12.8 Å². The predicted molar refractivity (Wildman–Crippen MR) is 98.2 cm³/mol. The van der Waals surface area contributed by atoms with Crippen LogP contribution in [-0.2, 0) is 33.3 Å².